The van der Waals surface area contributed by atoms with Crippen LogP contribution in [0.1, 0.15) is 15.9 Å². The van der Waals surface area contributed by atoms with Crippen molar-refractivity contribution in [2.45, 2.75) is 6.54 Å². The van der Waals surface area contributed by atoms with Crippen molar-refractivity contribution < 1.29 is 14.3 Å². The zero-order valence-electron chi connectivity index (χ0n) is 16.0. The van der Waals surface area contributed by atoms with Gasteiger partial charge in [0.25, 0.3) is 5.91 Å². The van der Waals surface area contributed by atoms with Gasteiger partial charge in [-0.25, -0.2) is 9.97 Å². The highest BCUT2D eigenvalue weighted by Gasteiger charge is 2.14. The van der Waals surface area contributed by atoms with Gasteiger partial charge < -0.3 is 19.7 Å². The maximum Gasteiger partial charge on any atom is 0.253 e. The van der Waals surface area contributed by atoms with E-state index >= 15 is 0 Å². The van der Waals surface area contributed by atoms with Crippen molar-refractivity contribution in [1.29, 1.82) is 0 Å². The van der Waals surface area contributed by atoms with Crippen LogP contribution in [-0.4, -0.2) is 42.0 Å². The lowest BCUT2D eigenvalue weighted by molar-refractivity contribution is 0.0785. The van der Waals surface area contributed by atoms with Crippen LogP contribution in [0.4, 0.5) is 11.6 Å². The van der Waals surface area contributed by atoms with E-state index < -0.39 is 0 Å². The molecular formula is C21H22N4O3. The minimum absolute atomic E-state index is 0.0904. The minimum Gasteiger partial charge on any atom is -0.493 e. The number of nitrogens with one attached hydrogen (secondary N) is 1. The summed E-state index contributed by atoms with van der Waals surface area (Å²) in [5.41, 5.74) is 2.26. The number of amides is 1. The summed E-state index contributed by atoms with van der Waals surface area (Å²) in [4.78, 5) is 22.8. The standard InChI is InChI=1S/C21H22N4O3/c1-25(14-15-8-9-18(27-2)19(12-15)28-3)20(26)16-6-4-7-17(13-16)24-21-22-10-5-11-23-21/h4-13H,14H2,1-3H3,(H,22,23,24). The van der Waals surface area contributed by atoms with Gasteiger partial charge in [-0.1, -0.05) is 12.1 Å². The molecule has 0 fully saturated rings. The van der Waals surface area contributed by atoms with E-state index in [0.29, 0.717) is 29.6 Å². The van der Waals surface area contributed by atoms with Crippen molar-refractivity contribution in [2.75, 3.05) is 26.6 Å². The first-order chi connectivity index (χ1) is 13.6. The van der Waals surface area contributed by atoms with Crippen LogP contribution in [0.2, 0.25) is 0 Å². The van der Waals surface area contributed by atoms with E-state index in [-0.39, 0.29) is 5.91 Å². The molecule has 2 aromatic carbocycles. The molecule has 1 amide bonds. The Morgan fingerprint density at radius 2 is 1.75 bits per heavy atom. The predicted octanol–water partition coefficient (Wildman–Crippen LogP) is 3.51. The van der Waals surface area contributed by atoms with Crippen LogP contribution in [0.5, 0.6) is 11.5 Å². The average molecular weight is 378 g/mol. The molecule has 0 spiro atoms. The summed E-state index contributed by atoms with van der Waals surface area (Å²) in [6, 6.07) is 14.6. The molecule has 28 heavy (non-hydrogen) atoms. The van der Waals surface area contributed by atoms with Crippen LogP contribution < -0.4 is 14.8 Å². The zero-order chi connectivity index (χ0) is 19.9. The molecule has 144 valence electrons. The molecule has 0 aliphatic carbocycles. The molecule has 1 aromatic heterocycles. The SMILES string of the molecule is COc1ccc(CN(C)C(=O)c2cccc(Nc3ncccn3)c2)cc1OC. The second-order valence-electron chi connectivity index (χ2n) is 6.13. The summed E-state index contributed by atoms with van der Waals surface area (Å²) >= 11 is 0. The number of ether oxygens (including phenoxy) is 2. The largest absolute Gasteiger partial charge is 0.493 e. The number of carbonyl (C=O) groups is 1. The lowest BCUT2D eigenvalue weighted by Gasteiger charge is -2.19. The highest BCUT2D eigenvalue weighted by molar-refractivity contribution is 5.95. The fourth-order valence-electron chi connectivity index (χ4n) is 2.77. The van der Waals surface area contributed by atoms with E-state index in [9.17, 15) is 4.79 Å². The van der Waals surface area contributed by atoms with Gasteiger partial charge in [0.1, 0.15) is 0 Å². The number of methoxy groups -OCH3 is 2. The number of anilines is 2. The van der Waals surface area contributed by atoms with Crippen LogP contribution >= 0.6 is 0 Å². The topological polar surface area (TPSA) is 76.6 Å². The maximum atomic E-state index is 12.8. The number of nitrogens with zero attached hydrogens (tertiary/aromatic N) is 3. The number of benzene rings is 2. The van der Waals surface area contributed by atoms with Gasteiger partial charge in [0.2, 0.25) is 5.95 Å². The van der Waals surface area contributed by atoms with Crippen LogP contribution in [0, 0.1) is 0 Å². The highest BCUT2D eigenvalue weighted by Crippen LogP contribution is 2.28. The molecule has 0 saturated heterocycles. The molecule has 1 N–H and O–H groups in total. The fraction of sp³-hybridized carbons (Fsp3) is 0.190. The van der Waals surface area contributed by atoms with E-state index in [0.717, 1.165) is 11.3 Å². The highest BCUT2D eigenvalue weighted by atomic mass is 16.5. The number of rotatable bonds is 7. The molecule has 3 aromatic rings. The molecule has 7 heteroatoms. The molecule has 0 aliphatic rings. The monoisotopic (exact) mass is 378 g/mol. The Morgan fingerprint density at radius 1 is 1.00 bits per heavy atom. The summed E-state index contributed by atoms with van der Waals surface area (Å²) in [6.07, 6.45) is 3.31. The Labute approximate surface area is 164 Å². The third-order valence-corrected chi connectivity index (χ3v) is 4.15. The second kappa shape index (κ2) is 8.85. The Bertz CT molecular complexity index is 947. The summed E-state index contributed by atoms with van der Waals surface area (Å²) < 4.78 is 10.6. The number of aromatic nitrogens is 2. The second-order valence-corrected chi connectivity index (χ2v) is 6.13. The van der Waals surface area contributed by atoms with Gasteiger partial charge >= 0.3 is 0 Å². The minimum atomic E-state index is -0.0904. The summed E-state index contributed by atoms with van der Waals surface area (Å²) in [6.45, 7) is 0.443. The van der Waals surface area contributed by atoms with Crippen molar-refractivity contribution in [2.24, 2.45) is 0 Å². The normalized spacial score (nSPS) is 10.2. The van der Waals surface area contributed by atoms with Crippen molar-refractivity contribution in [1.82, 2.24) is 14.9 Å². The number of carbonyl (C=O) groups excluding carboxylic acids is 1. The van der Waals surface area contributed by atoms with Gasteiger partial charge in [0.15, 0.2) is 11.5 Å². The smallest absolute Gasteiger partial charge is 0.253 e. The van der Waals surface area contributed by atoms with Gasteiger partial charge in [-0.05, 0) is 42.0 Å². The van der Waals surface area contributed by atoms with Gasteiger partial charge in [-0.3, -0.25) is 4.79 Å². The lowest BCUT2D eigenvalue weighted by Crippen LogP contribution is -2.26. The van der Waals surface area contributed by atoms with Gasteiger partial charge in [-0.2, -0.15) is 0 Å². The first kappa shape index (κ1) is 19.2. The van der Waals surface area contributed by atoms with E-state index in [1.54, 1.807) is 56.8 Å². The zero-order valence-corrected chi connectivity index (χ0v) is 16.0. The predicted molar refractivity (Wildman–Crippen MR) is 107 cm³/mol. The molecule has 0 bridgehead atoms. The van der Waals surface area contributed by atoms with Gasteiger partial charge in [0.05, 0.1) is 14.2 Å². The Hall–Kier alpha value is -3.61. The lowest BCUT2D eigenvalue weighted by atomic mass is 10.1. The summed E-state index contributed by atoms with van der Waals surface area (Å²) in [5, 5.41) is 3.09. The molecule has 1 heterocycles. The van der Waals surface area contributed by atoms with Crippen LogP contribution in [0.25, 0.3) is 0 Å². The Kier molecular flexibility index (Phi) is 6.06. The first-order valence-corrected chi connectivity index (χ1v) is 8.71. The molecule has 0 saturated carbocycles. The van der Waals surface area contributed by atoms with Crippen molar-refractivity contribution in [3.63, 3.8) is 0 Å². The van der Waals surface area contributed by atoms with Crippen molar-refractivity contribution in [3.05, 3.63) is 72.1 Å². The molecule has 0 radical (unpaired) electrons. The van der Waals surface area contributed by atoms with E-state index in [1.807, 2.05) is 30.3 Å². The van der Waals surface area contributed by atoms with Gasteiger partial charge in [-0.15, -0.1) is 0 Å². The summed E-state index contributed by atoms with van der Waals surface area (Å²) in [5.74, 6) is 1.68. The van der Waals surface area contributed by atoms with E-state index in [2.05, 4.69) is 15.3 Å². The number of hydrogen-bond donors (Lipinski definition) is 1. The fourth-order valence-corrected chi connectivity index (χ4v) is 2.77. The van der Waals surface area contributed by atoms with E-state index in [1.165, 1.54) is 0 Å². The van der Waals surface area contributed by atoms with Crippen molar-refractivity contribution >= 4 is 17.5 Å². The van der Waals surface area contributed by atoms with Crippen molar-refractivity contribution in [3.8, 4) is 11.5 Å². The Balaban J connectivity index is 1.72. The third-order valence-electron chi connectivity index (χ3n) is 4.15. The third kappa shape index (κ3) is 4.56. The summed E-state index contributed by atoms with van der Waals surface area (Å²) in [7, 11) is 4.94. The number of hydrogen-bond acceptors (Lipinski definition) is 6. The molecule has 0 atom stereocenters. The van der Waals surface area contributed by atoms with Gasteiger partial charge in [0, 0.05) is 37.2 Å². The average Bonchev–Trinajstić information content (AvgIpc) is 2.74. The Morgan fingerprint density at radius 3 is 2.46 bits per heavy atom. The van der Waals surface area contributed by atoms with Crippen LogP contribution in [0.15, 0.2) is 60.9 Å². The molecule has 7 nitrogen and oxygen atoms in total. The maximum absolute atomic E-state index is 12.8. The molecular weight excluding hydrogens is 356 g/mol. The molecule has 0 aliphatic heterocycles. The van der Waals surface area contributed by atoms with Crippen LogP contribution in [-0.2, 0) is 6.54 Å². The molecule has 0 unspecified atom stereocenters. The van der Waals surface area contributed by atoms with Crippen LogP contribution in [0.3, 0.4) is 0 Å². The first-order valence-electron chi connectivity index (χ1n) is 8.71. The van der Waals surface area contributed by atoms with E-state index in [4.69, 9.17) is 9.47 Å². The quantitative estimate of drug-likeness (QED) is 0.678. The molecule has 3 rings (SSSR count).